The summed E-state index contributed by atoms with van der Waals surface area (Å²) in [6.45, 7) is 16.6. The predicted octanol–water partition coefficient (Wildman–Crippen LogP) is 5.92. The molecule has 0 aromatic carbocycles. The van der Waals surface area contributed by atoms with Crippen LogP contribution in [0.5, 0.6) is 0 Å². The van der Waals surface area contributed by atoms with Gasteiger partial charge in [0.1, 0.15) is 11.6 Å². The van der Waals surface area contributed by atoms with E-state index in [1.54, 1.807) is 0 Å². The van der Waals surface area contributed by atoms with Crippen molar-refractivity contribution in [3.8, 4) is 0 Å². The van der Waals surface area contributed by atoms with Crippen LogP contribution in [-0.4, -0.2) is 11.6 Å². The van der Waals surface area contributed by atoms with Crippen LogP contribution in [0.1, 0.15) is 81.1 Å². The zero-order chi connectivity index (χ0) is 18.8. The zero-order valence-corrected chi connectivity index (χ0v) is 17.0. The highest BCUT2D eigenvalue weighted by molar-refractivity contribution is 5.86. The average Bonchev–Trinajstić information content (AvgIpc) is 2.95. The Morgan fingerprint density at radius 1 is 0.708 bits per heavy atom. The summed E-state index contributed by atoms with van der Waals surface area (Å²) in [4.78, 5) is 23.4. The minimum atomic E-state index is -0.151. The fraction of sp³-hybridized carbons (Fsp3) is 0.727. The van der Waals surface area contributed by atoms with Gasteiger partial charge in [-0.2, -0.15) is 0 Å². The third-order valence-electron chi connectivity index (χ3n) is 6.84. The van der Waals surface area contributed by atoms with Crippen molar-refractivity contribution in [1.82, 2.24) is 0 Å². The van der Waals surface area contributed by atoms with E-state index in [2.05, 4.69) is 65.8 Å². The maximum absolute atomic E-state index is 11.7. The standard InChI is InChI=1S/2C11H18O/c2*1-5-9(12)11(4)8-6-7-10(11,2)3/h2*6-7H,5,8H2,1-4H3/t2*11-/m10/s1. The molecule has 2 nitrogen and oxygen atoms in total. The van der Waals surface area contributed by atoms with Crippen molar-refractivity contribution < 1.29 is 9.59 Å². The van der Waals surface area contributed by atoms with E-state index in [4.69, 9.17) is 0 Å². The molecule has 2 aliphatic rings. The van der Waals surface area contributed by atoms with Crippen LogP contribution in [-0.2, 0) is 9.59 Å². The van der Waals surface area contributed by atoms with Crippen molar-refractivity contribution in [2.75, 3.05) is 0 Å². The SMILES string of the molecule is CCC(=O)[C@@]1(C)CC=CC1(C)C.CCC(=O)[C@]1(C)CC=CC1(C)C. The summed E-state index contributed by atoms with van der Waals surface area (Å²) in [5.74, 6) is 0.773. The quantitative estimate of drug-likeness (QED) is 0.599. The Labute approximate surface area is 148 Å². The highest BCUT2D eigenvalue weighted by Gasteiger charge is 2.47. The first-order valence-corrected chi connectivity index (χ1v) is 9.30. The van der Waals surface area contributed by atoms with Gasteiger partial charge in [0, 0.05) is 23.7 Å². The molecule has 0 heterocycles. The molecule has 0 spiro atoms. The van der Waals surface area contributed by atoms with Gasteiger partial charge in [-0.3, -0.25) is 9.59 Å². The molecule has 0 fully saturated rings. The topological polar surface area (TPSA) is 34.1 Å². The Morgan fingerprint density at radius 2 is 1.00 bits per heavy atom. The Hall–Kier alpha value is -1.18. The number of allylic oxidation sites excluding steroid dienone is 4. The molecule has 0 N–H and O–H groups in total. The van der Waals surface area contributed by atoms with E-state index < -0.39 is 0 Å². The first-order chi connectivity index (χ1) is 10.9. The Bertz CT molecular complexity index is 500. The Kier molecular flexibility index (Phi) is 6.07. The number of carbonyl (C=O) groups is 2. The molecule has 2 aliphatic carbocycles. The summed E-state index contributed by atoms with van der Waals surface area (Å²) in [7, 11) is 0. The molecule has 0 saturated heterocycles. The number of Topliss-reactive ketones (excluding diaryl/α,β-unsaturated/α-hetero) is 2. The van der Waals surface area contributed by atoms with E-state index in [1.165, 1.54) is 0 Å². The van der Waals surface area contributed by atoms with E-state index >= 15 is 0 Å². The number of hydrogen-bond acceptors (Lipinski definition) is 2. The molecule has 2 heteroatoms. The fourth-order valence-corrected chi connectivity index (χ4v) is 3.80. The lowest BCUT2D eigenvalue weighted by molar-refractivity contribution is -0.132. The maximum Gasteiger partial charge on any atom is 0.139 e. The van der Waals surface area contributed by atoms with Crippen LogP contribution < -0.4 is 0 Å². The molecule has 0 bridgehead atoms. The molecule has 2 atom stereocenters. The van der Waals surface area contributed by atoms with Crippen LogP contribution in [0.3, 0.4) is 0 Å². The van der Waals surface area contributed by atoms with E-state index in [0.717, 1.165) is 12.8 Å². The van der Waals surface area contributed by atoms with Crippen LogP contribution in [0.25, 0.3) is 0 Å². The van der Waals surface area contributed by atoms with Crippen molar-refractivity contribution in [1.29, 1.82) is 0 Å². The minimum absolute atomic E-state index is 0.0418. The molecule has 0 aliphatic heterocycles. The lowest BCUT2D eigenvalue weighted by atomic mass is 9.66. The van der Waals surface area contributed by atoms with Crippen molar-refractivity contribution in [3.05, 3.63) is 24.3 Å². The van der Waals surface area contributed by atoms with Crippen molar-refractivity contribution in [2.24, 2.45) is 21.7 Å². The molecule has 0 amide bonds. The summed E-state index contributed by atoms with van der Waals surface area (Å²) in [5.41, 5.74) is -0.219. The molecular weight excluding hydrogens is 296 g/mol. The summed E-state index contributed by atoms with van der Waals surface area (Å²) in [5, 5.41) is 0. The monoisotopic (exact) mass is 332 g/mol. The highest BCUT2D eigenvalue weighted by Crippen LogP contribution is 2.49. The average molecular weight is 333 g/mol. The van der Waals surface area contributed by atoms with Gasteiger partial charge in [0.2, 0.25) is 0 Å². The normalized spacial score (nSPS) is 32.3. The molecule has 0 unspecified atom stereocenters. The molecule has 24 heavy (non-hydrogen) atoms. The van der Waals surface area contributed by atoms with Crippen LogP contribution in [0.15, 0.2) is 24.3 Å². The number of carbonyl (C=O) groups excluding carboxylic acids is 2. The third kappa shape index (κ3) is 3.43. The van der Waals surface area contributed by atoms with Crippen LogP contribution in [0.4, 0.5) is 0 Å². The second-order valence-electron chi connectivity index (χ2n) is 8.87. The molecule has 0 radical (unpaired) electrons. The van der Waals surface area contributed by atoms with Crippen molar-refractivity contribution in [3.63, 3.8) is 0 Å². The van der Waals surface area contributed by atoms with Gasteiger partial charge in [0.05, 0.1) is 0 Å². The van der Waals surface area contributed by atoms with E-state index in [-0.39, 0.29) is 21.7 Å². The zero-order valence-electron chi connectivity index (χ0n) is 17.0. The maximum atomic E-state index is 11.7. The van der Waals surface area contributed by atoms with Gasteiger partial charge in [-0.15, -0.1) is 0 Å². The third-order valence-corrected chi connectivity index (χ3v) is 6.84. The van der Waals surface area contributed by atoms with Crippen LogP contribution in [0, 0.1) is 21.7 Å². The first kappa shape index (κ1) is 20.9. The Balaban J connectivity index is 0.000000240. The largest absolute Gasteiger partial charge is 0.299 e. The van der Waals surface area contributed by atoms with Crippen LogP contribution in [0.2, 0.25) is 0 Å². The van der Waals surface area contributed by atoms with Crippen molar-refractivity contribution in [2.45, 2.75) is 81.1 Å². The fourth-order valence-electron chi connectivity index (χ4n) is 3.80. The number of hydrogen-bond donors (Lipinski definition) is 0. The second kappa shape index (κ2) is 6.98. The summed E-state index contributed by atoms with van der Waals surface area (Å²) >= 11 is 0. The summed E-state index contributed by atoms with van der Waals surface area (Å²) in [6.07, 6.45) is 11.7. The second-order valence-corrected chi connectivity index (χ2v) is 8.87. The van der Waals surface area contributed by atoms with Gasteiger partial charge >= 0.3 is 0 Å². The van der Waals surface area contributed by atoms with E-state index in [1.807, 2.05) is 13.8 Å². The van der Waals surface area contributed by atoms with Gasteiger partial charge in [-0.25, -0.2) is 0 Å². The first-order valence-electron chi connectivity index (χ1n) is 9.30. The number of ketones is 2. The van der Waals surface area contributed by atoms with Crippen LogP contribution >= 0.6 is 0 Å². The van der Waals surface area contributed by atoms with Gasteiger partial charge < -0.3 is 0 Å². The molecule has 136 valence electrons. The van der Waals surface area contributed by atoms with Gasteiger partial charge in [0.15, 0.2) is 0 Å². The molecular formula is C22H36O2. The van der Waals surface area contributed by atoms with Gasteiger partial charge in [-0.1, -0.05) is 79.7 Å². The van der Waals surface area contributed by atoms with Crippen molar-refractivity contribution >= 4 is 11.6 Å². The van der Waals surface area contributed by atoms with Gasteiger partial charge in [-0.05, 0) is 23.7 Å². The number of rotatable bonds is 4. The summed E-state index contributed by atoms with van der Waals surface area (Å²) < 4.78 is 0. The molecule has 2 rings (SSSR count). The molecule has 0 saturated carbocycles. The molecule has 0 aromatic heterocycles. The summed E-state index contributed by atoms with van der Waals surface area (Å²) in [6, 6.07) is 0. The smallest absolute Gasteiger partial charge is 0.139 e. The highest BCUT2D eigenvalue weighted by atomic mass is 16.1. The predicted molar refractivity (Wildman–Crippen MR) is 102 cm³/mol. The minimum Gasteiger partial charge on any atom is -0.299 e. The van der Waals surface area contributed by atoms with Gasteiger partial charge in [0.25, 0.3) is 0 Å². The lowest BCUT2D eigenvalue weighted by Crippen LogP contribution is -2.37. The lowest BCUT2D eigenvalue weighted by Gasteiger charge is -2.36. The van der Waals surface area contributed by atoms with E-state index in [0.29, 0.717) is 24.4 Å². The van der Waals surface area contributed by atoms with E-state index in [9.17, 15) is 9.59 Å². The Morgan fingerprint density at radius 3 is 1.17 bits per heavy atom. The molecule has 0 aromatic rings.